The average Bonchev–Trinajstić information content (AvgIpc) is 3.01. The molecule has 0 aromatic heterocycles. The van der Waals surface area contributed by atoms with Crippen LogP contribution in [0.1, 0.15) is 37.7 Å². The molecule has 1 aromatic carbocycles. The highest BCUT2D eigenvalue weighted by Crippen LogP contribution is 2.54. The second-order valence-electron chi connectivity index (χ2n) is 7.25. The Labute approximate surface area is 132 Å². The van der Waals surface area contributed by atoms with Crippen LogP contribution in [0.3, 0.4) is 0 Å². The van der Waals surface area contributed by atoms with Gasteiger partial charge in [0.15, 0.2) is 0 Å². The maximum Gasteiger partial charge on any atom is 0.416 e. The van der Waals surface area contributed by atoms with Crippen LogP contribution in [0.4, 0.5) is 24.5 Å². The van der Waals surface area contributed by atoms with Crippen molar-refractivity contribution in [2.24, 2.45) is 11.8 Å². The van der Waals surface area contributed by atoms with E-state index >= 15 is 0 Å². The van der Waals surface area contributed by atoms with Crippen molar-refractivity contribution < 1.29 is 18.0 Å². The molecule has 2 heterocycles. The van der Waals surface area contributed by atoms with E-state index in [0.717, 1.165) is 36.7 Å². The van der Waals surface area contributed by atoms with Gasteiger partial charge in [0.1, 0.15) is 5.60 Å². The molecule has 5 aliphatic rings. The molecule has 23 heavy (non-hydrogen) atoms. The summed E-state index contributed by atoms with van der Waals surface area (Å²) in [5, 5.41) is 3.49. The predicted molar refractivity (Wildman–Crippen MR) is 78.1 cm³/mol. The van der Waals surface area contributed by atoms with Crippen LogP contribution in [-0.2, 0) is 11.0 Å². The molecule has 4 nitrogen and oxygen atoms in total. The molecule has 7 heteroatoms. The maximum atomic E-state index is 12.8. The van der Waals surface area contributed by atoms with Crippen molar-refractivity contribution >= 4 is 11.4 Å². The summed E-state index contributed by atoms with van der Waals surface area (Å²) in [6.07, 6.45) is 1.70. The average molecular weight is 325 g/mol. The van der Waals surface area contributed by atoms with E-state index in [4.69, 9.17) is 4.84 Å². The highest BCUT2D eigenvalue weighted by atomic mass is 19.4. The second-order valence-corrected chi connectivity index (χ2v) is 7.25. The zero-order chi connectivity index (χ0) is 15.8. The summed E-state index contributed by atoms with van der Waals surface area (Å²) in [5.41, 5.74) is 3.38. The molecule has 1 N–H and O–H groups in total. The third-order valence-corrected chi connectivity index (χ3v) is 5.95. The van der Waals surface area contributed by atoms with E-state index < -0.39 is 11.7 Å². The number of hydrogen-bond acceptors (Lipinski definition) is 4. The van der Waals surface area contributed by atoms with Gasteiger partial charge in [-0.2, -0.15) is 13.2 Å². The monoisotopic (exact) mass is 325 g/mol. The lowest BCUT2D eigenvalue weighted by Crippen LogP contribution is -2.50. The van der Waals surface area contributed by atoms with Gasteiger partial charge in [0, 0.05) is 5.28 Å². The number of anilines is 2. The van der Waals surface area contributed by atoms with Crippen LogP contribution in [0.25, 0.3) is 0 Å². The Morgan fingerprint density at radius 2 is 1.96 bits per heavy atom. The third-order valence-electron chi connectivity index (χ3n) is 5.95. The number of benzene rings is 1. The molecule has 2 bridgehead atoms. The SMILES string of the molecule is FC(F)(F)c1ccc2c(c1)NN1O[C@@]3(CC4CCC3CC4)CN21. The number of hydrogen-bond donors (Lipinski definition) is 1. The van der Waals surface area contributed by atoms with E-state index in [1.807, 2.05) is 5.01 Å². The van der Waals surface area contributed by atoms with Crippen molar-refractivity contribution in [3.8, 4) is 0 Å². The van der Waals surface area contributed by atoms with Gasteiger partial charge >= 0.3 is 6.18 Å². The molecule has 3 saturated carbocycles. The first-order valence-corrected chi connectivity index (χ1v) is 8.19. The molecule has 1 atom stereocenters. The molecule has 1 saturated heterocycles. The van der Waals surface area contributed by atoms with E-state index in [-0.39, 0.29) is 5.60 Å². The van der Waals surface area contributed by atoms with Crippen LogP contribution < -0.4 is 10.4 Å². The molecule has 0 amide bonds. The van der Waals surface area contributed by atoms with Gasteiger partial charge < -0.3 is 0 Å². The van der Waals surface area contributed by atoms with Gasteiger partial charge in [0.25, 0.3) is 0 Å². The Hall–Kier alpha value is -1.47. The van der Waals surface area contributed by atoms with Gasteiger partial charge in [-0.25, -0.2) is 0 Å². The van der Waals surface area contributed by atoms with Crippen LogP contribution >= 0.6 is 0 Å². The standard InChI is InChI=1S/C16H18F3N3O/c17-16(18,19)12-5-6-14-13(7-12)20-22-21(14)9-15(23-22)8-10-1-3-11(15)4-2-10/h5-7,10-11,20H,1-4,8-9H2/t10?,11?,15-/m0/s1. The first-order chi connectivity index (χ1) is 10.9. The van der Waals surface area contributed by atoms with E-state index in [9.17, 15) is 13.2 Å². The molecule has 0 radical (unpaired) electrons. The Morgan fingerprint density at radius 1 is 1.17 bits per heavy atom. The minimum absolute atomic E-state index is 0.172. The van der Waals surface area contributed by atoms with Crippen molar-refractivity contribution in [2.45, 2.75) is 43.9 Å². The summed E-state index contributed by atoms with van der Waals surface area (Å²) in [6, 6.07) is 3.83. The topological polar surface area (TPSA) is 27.7 Å². The first-order valence-electron chi connectivity index (χ1n) is 8.19. The van der Waals surface area contributed by atoms with Gasteiger partial charge in [-0.15, -0.1) is 0 Å². The third kappa shape index (κ3) is 1.92. The molecule has 1 aromatic rings. The number of nitrogens with one attached hydrogen (secondary N) is 1. The summed E-state index contributed by atoms with van der Waals surface area (Å²) in [4.78, 5) is 6.22. The van der Waals surface area contributed by atoms with Gasteiger partial charge in [0.2, 0.25) is 0 Å². The van der Waals surface area contributed by atoms with Gasteiger partial charge in [-0.3, -0.25) is 15.3 Å². The van der Waals surface area contributed by atoms with Crippen LogP contribution in [0.5, 0.6) is 0 Å². The molecule has 124 valence electrons. The van der Waals surface area contributed by atoms with Crippen molar-refractivity contribution in [2.75, 3.05) is 17.0 Å². The highest BCUT2D eigenvalue weighted by molar-refractivity contribution is 5.74. The lowest BCUT2D eigenvalue weighted by molar-refractivity contribution is -0.225. The molecular weight excluding hydrogens is 307 g/mol. The van der Waals surface area contributed by atoms with Gasteiger partial charge in [0.05, 0.1) is 23.5 Å². The summed E-state index contributed by atoms with van der Waals surface area (Å²) in [7, 11) is 0. The summed E-state index contributed by atoms with van der Waals surface area (Å²) < 4.78 is 38.5. The number of rotatable bonds is 0. The zero-order valence-corrected chi connectivity index (χ0v) is 12.6. The number of hydrazine groups is 2. The molecule has 3 aliphatic carbocycles. The summed E-state index contributed by atoms with van der Waals surface area (Å²) in [6.45, 7) is 0.722. The Bertz CT molecular complexity index is 656. The number of halogens is 3. The number of fused-ring (bicyclic) bond motifs is 5. The van der Waals surface area contributed by atoms with E-state index in [1.54, 1.807) is 5.28 Å². The normalized spacial score (nSPS) is 35.5. The summed E-state index contributed by atoms with van der Waals surface area (Å²) in [5.74, 6) is 1.28. The molecule has 1 spiro atoms. The fraction of sp³-hybridized carbons (Fsp3) is 0.625. The fourth-order valence-electron chi connectivity index (χ4n) is 4.82. The fourth-order valence-corrected chi connectivity index (χ4v) is 4.82. The predicted octanol–water partition coefficient (Wildman–Crippen LogP) is 3.96. The van der Waals surface area contributed by atoms with E-state index in [0.29, 0.717) is 11.6 Å². The smallest absolute Gasteiger partial charge is 0.275 e. The number of nitrogens with zero attached hydrogens (tertiary/aromatic N) is 2. The molecule has 6 rings (SSSR count). The lowest BCUT2D eigenvalue weighted by atomic mass is 9.62. The number of alkyl halides is 3. The van der Waals surface area contributed by atoms with Crippen LogP contribution in [0.15, 0.2) is 18.2 Å². The lowest BCUT2D eigenvalue weighted by Gasteiger charge is -2.47. The molecule has 2 aliphatic heterocycles. The minimum Gasteiger partial charge on any atom is -0.275 e. The van der Waals surface area contributed by atoms with E-state index in [1.165, 1.54) is 31.7 Å². The quantitative estimate of drug-likeness (QED) is 0.781. The van der Waals surface area contributed by atoms with Gasteiger partial charge in [-0.1, -0.05) is 0 Å². The van der Waals surface area contributed by atoms with Crippen molar-refractivity contribution in [1.82, 2.24) is 5.28 Å². The molecule has 4 fully saturated rings. The Balaban J connectivity index is 1.45. The Morgan fingerprint density at radius 3 is 2.61 bits per heavy atom. The molecular formula is C16H18F3N3O. The van der Waals surface area contributed by atoms with E-state index in [2.05, 4.69) is 5.43 Å². The van der Waals surface area contributed by atoms with Crippen LogP contribution in [0.2, 0.25) is 0 Å². The Kier molecular flexibility index (Phi) is 2.62. The largest absolute Gasteiger partial charge is 0.416 e. The first kappa shape index (κ1) is 13.9. The van der Waals surface area contributed by atoms with Gasteiger partial charge in [-0.05, 0) is 62.1 Å². The summed E-state index contributed by atoms with van der Waals surface area (Å²) >= 11 is 0. The maximum absolute atomic E-state index is 12.8. The second kappa shape index (κ2) is 4.33. The van der Waals surface area contributed by atoms with Crippen LogP contribution in [0, 0.1) is 11.8 Å². The highest BCUT2D eigenvalue weighted by Gasteiger charge is 2.57. The van der Waals surface area contributed by atoms with Crippen molar-refractivity contribution in [3.05, 3.63) is 23.8 Å². The van der Waals surface area contributed by atoms with Crippen molar-refractivity contribution in [3.63, 3.8) is 0 Å². The van der Waals surface area contributed by atoms with Crippen molar-refractivity contribution in [1.29, 1.82) is 0 Å². The zero-order valence-electron chi connectivity index (χ0n) is 12.6. The van der Waals surface area contributed by atoms with Crippen LogP contribution in [-0.4, -0.2) is 17.4 Å². The minimum atomic E-state index is -4.33. The molecule has 0 unspecified atom stereocenters.